The van der Waals surface area contributed by atoms with Crippen molar-refractivity contribution in [2.45, 2.75) is 99.3 Å². The van der Waals surface area contributed by atoms with Gasteiger partial charge in [-0.1, -0.05) is 89.4 Å². The summed E-state index contributed by atoms with van der Waals surface area (Å²) in [5.74, 6) is -4.18. The predicted molar refractivity (Wildman–Crippen MR) is 217 cm³/mol. The fourth-order valence-corrected chi connectivity index (χ4v) is 6.20. The number of hydrogen-bond donors (Lipinski definition) is 0. The van der Waals surface area contributed by atoms with E-state index in [4.69, 9.17) is 23.7 Å². The molecule has 0 saturated heterocycles. The highest BCUT2D eigenvalue weighted by Crippen LogP contribution is 2.40. The molecule has 11 nitrogen and oxygen atoms in total. The Morgan fingerprint density at radius 2 is 0.860 bits per heavy atom. The Bertz CT molecular complexity index is 1850. The minimum atomic E-state index is -1.93. The van der Waals surface area contributed by atoms with Crippen molar-refractivity contribution in [2.24, 2.45) is 10.8 Å². The third kappa shape index (κ3) is 12.0. The lowest BCUT2D eigenvalue weighted by atomic mass is 9.73. The molecule has 0 fully saturated rings. The lowest BCUT2D eigenvalue weighted by molar-refractivity contribution is -0.167. The highest BCUT2D eigenvalue weighted by atomic mass is 16.6. The maximum absolute atomic E-state index is 14.0. The monoisotopic (exact) mass is 786 g/mol. The van der Waals surface area contributed by atoms with Crippen LogP contribution in [-0.2, 0) is 48.4 Å². The molecule has 11 heteroatoms. The van der Waals surface area contributed by atoms with E-state index in [1.165, 1.54) is 6.92 Å². The average molecular weight is 787 g/mol. The normalized spacial score (nSPS) is 13.1. The minimum absolute atomic E-state index is 0.00683. The molecule has 0 N–H and O–H groups in total. The molecule has 0 saturated carbocycles. The molecule has 2 aromatic carbocycles. The summed E-state index contributed by atoms with van der Waals surface area (Å²) in [7, 11) is 0. The van der Waals surface area contributed by atoms with E-state index in [1.807, 2.05) is 27.7 Å². The van der Waals surface area contributed by atoms with Crippen LogP contribution in [-0.4, -0.2) is 55.5 Å². The summed E-state index contributed by atoms with van der Waals surface area (Å²) >= 11 is 0. The summed E-state index contributed by atoms with van der Waals surface area (Å²) in [5, 5.41) is 0. The molecule has 2 unspecified atom stereocenters. The molecule has 57 heavy (non-hydrogen) atoms. The molecule has 0 aliphatic carbocycles. The quantitative estimate of drug-likeness (QED) is 0.0266. The van der Waals surface area contributed by atoms with Crippen molar-refractivity contribution in [1.82, 2.24) is 0 Å². The predicted octanol–water partition coefficient (Wildman–Crippen LogP) is 8.68. The molecule has 308 valence electrons. The first-order chi connectivity index (χ1) is 26.8. The maximum atomic E-state index is 14.0. The molecule has 0 bridgehead atoms. The number of esters is 5. The second kappa shape index (κ2) is 21.1. The Balaban J connectivity index is 2.40. The first kappa shape index (κ1) is 47.6. The first-order valence-corrected chi connectivity index (χ1v) is 19.1. The Morgan fingerprint density at radius 1 is 0.509 bits per heavy atom. The zero-order chi connectivity index (χ0) is 43.1. The summed E-state index contributed by atoms with van der Waals surface area (Å²) in [6.07, 6.45) is 0.172. The van der Waals surface area contributed by atoms with Crippen molar-refractivity contribution in [3.05, 3.63) is 108 Å². The number of ketones is 1. The highest BCUT2D eigenvalue weighted by molar-refractivity contribution is 6.05. The van der Waals surface area contributed by atoms with Crippen LogP contribution in [0.2, 0.25) is 0 Å². The number of rotatable bonds is 23. The van der Waals surface area contributed by atoms with Gasteiger partial charge in [-0.25, -0.2) is 9.59 Å². The highest BCUT2D eigenvalue weighted by Gasteiger charge is 2.51. The van der Waals surface area contributed by atoms with Crippen LogP contribution in [0.15, 0.2) is 97.1 Å². The van der Waals surface area contributed by atoms with Gasteiger partial charge in [-0.05, 0) is 88.8 Å². The van der Waals surface area contributed by atoms with Gasteiger partial charge in [0.05, 0.1) is 19.8 Å². The summed E-state index contributed by atoms with van der Waals surface area (Å²) in [5.41, 5.74) is -1.46. The molecular weight excluding hydrogens is 728 g/mol. The number of hydrogen-bond acceptors (Lipinski definition) is 11. The van der Waals surface area contributed by atoms with E-state index in [0.29, 0.717) is 24.0 Å². The molecule has 0 aliphatic heterocycles. The number of ether oxygens (including phenoxy) is 5. The van der Waals surface area contributed by atoms with Crippen LogP contribution in [0, 0.1) is 10.8 Å². The van der Waals surface area contributed by atoms with Crippen LogP contribution in [0.5, 0.6) is 11.5 Å². The largest absolute Gasteiger partial charge is 0.465 e. The average Bonchev–Trinajstić information content (AvgIpc) is 3.17. The van der Waals surface area contributed by atoms with Gasteiger partial charge in [-0.3, -0.25) is 19.2 Å². The molecule has 2 rings (SSSR count). The maximum Gasteiger partial charge on any atom is 0.333 e. The molecule has 0 heterocycles. The van der Waals surface area contributed by atoms with Crippen molar-refractivity contribution in [1.29, 1.82) is 0 Å². The third-order valence-corrected chi connectivity index (χ3v) is 9.96. The van der Waals surface area contributed by atoms with Crippen molar-refractivity contribution in [3.63, 3.8) is 0 Å². The van der Waals surface area contributed by atoms with Crippen LogP contribution in [0.3, 0.4) is 0 Å². The van der Waals surface area contributed by atoms with Crippen LogP contribution in [0.25, 0.3) is 0 Å². The van der Waals surface area contributed by atoms with E-state index in [2.05, 4.69) is 26.3 Å². The molecule has 0 spiro atoms. The van der Waals surface area contributed by atoms with Crippen LogP contribution >= 0.6 is 0 Å². The van der Waals surface area contributed by atoms with Gasteiger partial charge in [-0.2, -0.15) is 0 Å². The first-order valence-electron chi connectivity index (χ1n) is 19.1. The van der Waals surface area contributed by atoms with Gasteiger partial charge in [0.15, 0.2) is 5.41 Å². The molecule has 2 aromatic rings. The Kier molecular flexibility index (Phi) is 17.6. The van der Waals surface area contributed by atoms with Gasteiger partial charge in [0.2, 0.25) is 0 Å². The topological polar surface area (TPSA) is 149 Å². The van der Waals surface area contributed by atoms with Crippen LogP contribution < -0.4 is 9.47 Å². The van der Waals surface area contributed by atoms with Crippen molar-refractivity contribution in [2.75, 3.05) is 19.8 Å². The SMILES string of the molecule is C=C(CC)CC(CC(=C)C(=O)OCC)(C(C)=O)C(=O)Oc1ccc(C(C)(C)c2ccc(OC(=O)C(CC(=C)CC)(CC(=C)C(=O)OCC)C(=O)OCC)cc2)cc1. The summed E-state index contributed by atoms with van der Waals surface area (Å²) in [6.45, 7) is 29.6. The van der Waals surface area contributed by atoms with Crippen molar-refractivity contribution < 1.29 is 52.5 Å². The zero-order valence-electron chi connectivity index (χ0n) is 34.8. The van der Waals surface area contributed by atoms with Gasteiger partial charge in [0.1, 0.15) is 22.7 Å². The smallest absolute Gasteiger partial charge is 0.333 e. The lowest BCUT2D eigenvalue weighted by Crippen LogP contribution is -2.44. The van der Waals surface area contributed by atoms with Gasteiger partial charge < -0.3 is 23.7 Å². The number of carbonyl (C=O) groups excluding carboxylic acids is 6. The fourth-order valence-electron chi connectivity index (χ4n) is 6.20. The Labute approximate surface area is 337 Å². The standard InChI is InChI=1S/C46H58O11/c1-13-30(6)26-45(34(10)47,28-32(8)39(48)53-15-3)42(51)56-37-22-18-35(19-23-37)44(11,12)36-20-24-38(25-21-36)57-43(52)46(27-31(7)14-2,41(50)55-17-5)29-33(9)40(49)54-16-4/h18-25H,6-9,13-17,26-29H2,1-5,10-12H3. The van der Waals surface area contributed by atoms with E-state index in [1.54, 1.807) is 69.3 Å². The minimum Gasteiger partial charge on any atom is -0.465 e. The third-order valence-electron chi connectivity index (χ3n) is 9.96. The van der Waals surface area contributed by atoms with Gasteiger partial charge in [0.25, 0.3) is 0 Å². The van der Waals surface area contributed by atoms with E-state index in [-0.39, 0.29) is 68.1 Å². The molecule has 2 atom stereocenters. The summed E-state index contributed by atoms with van der Waals surface area (Å²) in [6, 6.07) is 13.6. The molecule has 0 radical (unpaired) electrons. The van der Waals surface area contributed by atoms with E-state index in [0.717, 1.165) is 11.1 Å². The van der Waals surface area contributed by atoms with Gasteiger partial charge >= 0.3 is 29.8 Å². The zero-order valence-corrected chi connectivity index (χ0v) is 34.8. The second-order valence-corrected chi connectivity index (χ2v) is 14.5. The molecule has 0 aromatic heterocycles. The fraction of sp³-hybridized carbons (Fsp3) is 0.435. The van der Waals surface area contributed by atoms with E-state index < -0.39 is 51.9 Å². The lowest BCUT2D eigenvalue weighted by Gasteiger charge is -2.30. The molecule has 0 amide bonds. The number of carbonyl (C=O) groups is 6. The number of Topliss-reactive ketones (excluding diaryl/α,β-unsaturated/α-hetero) is 1. The summed E-state index contributed by atoms with van der Waals surface area (Å²) in [4.78, 5) is 79.3. The van der Waals surface area contributed by atoms with E-state index in [9.17, 15) is 28.8 Å². The number of benzene rings is 2. The second-order valence-electron chi connectivity index (χ2n) is 14.5. The van der Waals surface area contributed by atoms with Crippen LogP contribution in [0.4, 0.5) is 0 Å². The van der Waals surface area contributed by atoms with Gasteiger partial charge in [0, 0.05) is 29.4 Å². The number of allylic oxidation sites excluding steroid dienone is 2. The van der Waals surface area contributed by atoms with E-state index >= 15 is 0 Å². The molecule has 0 aliphatic rings. The van der Waals surface area contributed by atoms with Crippen molar-refractivity contribution in [3.8, 4) is 11.5 Å². The van der Waals surface area contributed by atoms with Crippen molar-refractivity contribution >= 4 is 35.6 Å². The Hall–Kier alpha value is -5.58. The Morgan fingerprint density at radius 3 is 1.21 bits per heavy atom. The van der Waals surface area contributed by atoms with Crippen LogP contribution in [0.1, 0.15) is 105 Å². The van der Waals surface area contributed by atoms with Gasteiger partial charge in [-0.15, -0.1) is 0 Å². The molecular formula is C46H58O11. The summed E-state index contributed by atoms with van der Waals surface area (Å²) < 4.78 is 27.0.